The lowest BCUT2D eigenvalue weighted by Gasteiger charge is -2.40. The van der Waals surface area contributed by atoms with Gasteiger partial charge in [-0.15, -0.1) is 0 Å². The zero-order valence-electron chi connectivity index (χ0n) is 21.4. The molecule has 7 rings (SSSR count). The van der Waals surface area contributed by atoms with Gasteiger partial charge in [0.25, 0.3) is 0 Å². The summed E-state index contributed by atoms with van der Waals surface area (Å²) in [6, 6.07) is 34.8. The van der Waals surface area contributed by atoms with Crippen molar-refractivity contribution in [2.45, 2.75) is 38.5 Å². The number of hydrogen-bond acceptors (Lipinski definition) is 5. The van der Waals surface area contributed by atoms with Crippen LogP contribution in [-0.4, -0.2) is 10.2 Å². The third-order valence-corrected chi connectivity index (χ3v) is 8.06. The van der Waals surface area contributed by atoms with Crippen molar-refractivity contribution in [3.8, 4) is 0 Å². The van der Waals surface area contributed by atoms with Gasteiger partial charge in [-0.2, -0.15) is 0 Å². The lowest BCUT2D eigenvalue weighted by atomic mass is 9.74. The van der Waals surface area contributed by atoms with Crippen molar-refractivity contribution in [2.75, 3.05) is 9.80 Å². The summed E-state index contributed by atoms with van der Waals surface area (Å²) < 4.78 is 6.56. The number of anilines is 6. The van der Waals surface area contributed by atoms with Crippen molar-refractivity contribution in [1.29, 1.82) is 0 Å². The fourth-order valence-electron chi connectivity index (χ4n) is 6.14. The molecule has 0 unspecified atom stereocenters. The van der Waals surface area contributed by atoms with Crippen LogP contribution < -0.4 is 9.80 Å². The number of fused-ring (bicyclic) bond motifs is 4. The van der Waals surface area contributed by atoms with Crippen LogP contribution >= 0.6 is 0 Å². The van der Waals surface area contributed by atoms with Crippen LogP contribution in [0.4, 0.5) is 34.8 Å². The Labute approximate surface area is 217 Å². The summed E-state index contributed by atoms with van der Waals surface area (Å²) in [4.78, 5) is 4.19. The van der Waals surface area contributed by atoms with Gasteiger partial charge in [0.15, 0.2) is 0 Å². The van der Waals surface area contributed by atoms with Crippen molar-refractivity contribution < 1.29 is 4.42 Å². The highest BCUT2D eigenvalue weighted by Gasteiger charge is 2.40. The molecule has 0 amide bonds. The van der Waals surface area contributed by atoms with E-state index in [1.54, 1.807) is 0 Å². The molecule has 5 aromatic rings. The smallest absolute Gasteiger partial charge is 0.328 e. The summed E-state index contributed by atoms with van der Waals surface area (Å²) in [5, 5.41) is 9.22. The van der Waals surface area contributed by atoms with Crippen molar-refractivity contribution in [3.05, 3.63) is 119 Å². The first-order valence-electron chi connectivity index (χ1n) is 12.7. The number of benzene rings is 4. The fraction of sp³-hybridized carbons (Fsp3) is 0.188. The minimum atomic E-state index is -0.150. The third-order valence-electron chi connectivity index (χ3n) is 8.06. The summed E-state index contributed by atoms with van der Waals surface area (Å²) in [6.45, 7) is 9.07. The Kier molecular flexibility index (Phi) is 4.47. The first-order valence-corrected chi connectivity index (χ1v) is 12.7. The molecule has 2 aliphatic heterocycles. The van der Waals surface area contributed by atoms with E-state index in [4.69, 9.17) is 4.42 Å². The van der Waals surface area contributed by atoms with Crippen LogP contribution in [0.3, 0.4) is 0 Å². The van der Waals surface area contributed by atoms with E-state index in [0.29, 0.717) is 12.0 Å². The summed E-state index contributed by atoms with van der Waals surface area (Å²) in [6.07, 6.45) is 0. The van der Waals surface area contributed by atoms with Crippen LogP contribution in [0, 0.1) is 0 Å². The van der Waals surface area contributed by atoms with Crippen LogP contribution in [0.5, 0.6) is 0 Å². The van der Waals surface area contributed by atoms with Gasteiger partial charge in [-0.3, -0.25) is 9.80 Å². The Bertz CT molecular complexity index is 1440. The average molecular weight is 485 g/mol. The van der Waals surface area contributed by atoms with E-state index in [0.717, 1.165) is 22.7 Å². The van der Waals surface area contributed by atoms with E-state index in [-0.39, 0.29) is 10.8 Å². The maximum atomic E-state index is 6.56. The Balaban J connectivity index is 1.42. The number of nitrogens with zero attached hydrogens (tertiary/aromatic N) is 4. The molecule has 37 heavy (non-hydrogen) atoms. The van der Waals surface area contributed by atoms with Gasteiger partial charge in [-0.05, 0) is 46.5 Å². The second-order valence-corrected chi connectivity index (χ2v) is 10.9. The van der Waals surface area contributed by atoms with Crippen LogP contribution in [-0.2, 0) is 10.8 Å². The molecule has 0 fully saturated rings. The Morgan fingerprint density at radius 1 is 0.459 bits per heavy atom. The van der Waals surface area contributed by atoms with Crippen molar-refractivity contribution >= 4 is 34.8 Å². The van der Waals surface area contributed by atoms with Crippen molar-refractivity contribution in [2.24, 2.45) is 0 Å². The van der Waals surface area contributed by atoms with E-state index < -0.39 is 0 Å². The molecule has 5 nitrogen and oxygen atoms in total. The molecule has 0 atom stereocenters. The highest BCUT2D eigenvalue weighted by atomic mass is 16.4. The number of hydrogen-bond donors (Lipinski definition) is 0. The maximum Gasteiger partial charge on any atom is 0.328 e. The quantitative estimate of drug-likeness (QED) is 0.252. The summed E-state index contributed by atoms with van der Waals surface area (Å²) >= 11 is 0. The summed E-state index contributed by atoms with van der Waals surface area (Å²) in [5.74, 6) is 0. The van der Waals surface area contributed by atoms with Crippen LogP contribution in [0.1, 0.15) is 49.9 Å². The van der Waals surface area contributed by atoms with E-state index >= 15 is 0 Å². The number of rotatable bonds is 2. The topological polar surface area (TPSA) is 45.4 Å². The van der Waals surface area contributed by atoms with Crippen LogP contribution in [0.25, 0.3) is 0 Å². The molecule has 0 bridgehead atoms. The van der Waals surface area contributed by atoms with E-state index in [1.807, 2.05) is 0 Å². The van der Waals surface area contributed by atoms with Gasteiger partial charge >= 0.3 is 12.0 Å². The van der Waals surface area contributed by atoms with Crippen LogP contribution in [0.15, 0.2) is 101 Å². The van der Waals surface area contributed by atoms with Gasteiger partial charge in [0.1, 0.15) is 0 Å². The first kappa shape index (κ1) is 21.9. The molecule has 2 aliphatic rings. The van der Waals surface area contributed by atoms with E-state index in [9.17, 15) is 0 Å². The van der Waals surface area contributed by atoms with Crippen LogP contribution in [0.2, 0.25) is 0 Å². The van der Waals surface area contributed by atoms with Gasteiger partial charge in [-0.25, -0.2) is 0 Å². The van der Waals surface area contributed by atoms with E-state index in [1.165, 1.54) is 22.3 Å². The SMILES string of the molecule is CC1(C)c2ccccc2N(c2nnc(N3c4ccccc4C(C)(C)c4ccccc43)o2)c2ccccc21. The molecule has 5 heteroatoms. The molecule has 0 saturated carbocycles. The van der Waals surface area contributed by atoms with Crippen molar-refractivity contribution in [1.82, 2.24) is 10.2 Å². The molecule has 182 valence electrons. The molecule has 0 spiro atoms. The molecule has 0 saturated heterocycles. The highest BCUT2D eigenvalue weighted by molar-refractivity contribution is 5.85. The minimum Gasteiger partial charge on any atom is -0.388 e. The van der Waals surface area contributed by atoms with Gasteiger partial charge < -0.3 is 4.42 Å². The lowest BCUT2D eigenvalue weighted by Crippen LogP contribution is -2.31. The Morgan fingerprint density at radius 3 is 1.03 bits per heavy atom. The molecule has 4 aromatic carbocycles. The van der Waals surface area contributed by atoms with Gasteiger partial charge in [0.2, 0.25) is 0 Å². The lowest BCUT2D eigenvalue weighted by molar-refractivity contribution is 0.553. The Morgan fingerprint density at radius 2 is 0.730 bits per heavy atom. The maximum absolute atomic E-state index is 6.56. The molecule has 0 N–H and O–H groups in total. The Hall–Kier alpha value is -4.38. The predicted octanol–water partition coefficient (Wildman–Crippen LogP) is 8.29. The molecular weight excluding hydrogens is 456 g/mol. The average Bonchev–Trinajstić information content (AvgIpc) is 3.38. The summed E-state index contributed by atoms with van der Waals surface area (Å²) in [7, 11) is 0. The molecule has 1 aromatic heterocycles. The molecule has 3 heterocycles. The highest BCUT2D eigenvalue weighted by Crippen LogP contribution is 2.54. The predicted molar refractivity (Wildman–Crippen MR) is 148 cm³/mol. The monoisotopic (exact) mass is 484 g/mol. The fourth-order valence-corrected chi connectivity index (χ4v) is 6.14. The van der Waals surface area contributed by atoms with Gasteiger partial charge in [0.05, 0.1) is 22.7 Å². The summed E-state index contributed by atoms with van der Waals surface area (Å²) in [5.41, 5.74) is 8.83. The van der Waals surface area contributed by atoms with E-state index in [2.05, 4.69) is 145 Å². The molecular formula is C32H28N4O. The molecule has 0 aliphatic carbocycles. The number of para-hydroxylation sites is 4. The second kappa shape index (κ2) is 7.56. The third kappa shape index (κ3) is 2.97. The largest absolute Gasteiger partial charge is 0.388 e. The standard InChI is InChI=1S/C32H28N4O/c1-31(2)21-13-5-9-17-25(21)35(26-18-10-6-14-22(26)31)29-33-34-30(37-29)36-27-19-11-7-15-23(27)32(3,4)24-16-8-12-20-28(24)36/h5-20H,1-4H3. The minimum absolute atomic E-state index is 0.150. The zero-order valence-corrected chi connectivity index (χ0v) is 21.4. The second-order valence-electron chi connectivity index (χ2n) is 10.9. The van der Waals surface area contributed by atoms with Gasteiger partial charge in [-0.1, -0.05) is 111 Å². The van der Waals surface area contributed by atoms with Crippen molar-refractivity contribution in [3.63, 3.8) is 0 Å². The van der Waals surface area contributed by atoms with Gasteiger partial charge in [0, 0.05) is 10.8 Å². The first-order chi connectivity index (χ1) is 17.9. The zero-order chi connectivity index (χ0) is 25.4. The normalized spacial score (nSPS) is 16.4. The number of aromatic nitrogens is 2. The molecule has 0 radical (unpaired) electrons.